The summed E-state index contributed by atoms with van der Waals surface area (Å²) in [5.41, 5.74) is 2.76. The monoisotopic (exact) mass is 297 g/mol. The fourth-order valence-electron chi connectivity index (χ4n) is 2.00. The maximum Gasteiger partial charge on any atom is 0.0486 e. The van der Waals surface area contributed by atoms with Crippen molar-refractivity contribution >= 4 is 38.6 Å². The van der Waals surface area contributed by atoms with E-state index in [0.29, 0.717) is 6.04 Å². The number of hydrogen-bond acceptors (Lipinski definition) is 1. The average Bonchev–Trinajstić information content (AvgIpc) is 2.58. The number of nitrogens with zero attached hydrogens (tertiary/aromatic N) is 1. The molecule has 0 aliphatic carbocycles. The largest absolute Gasteiger partial charge is 0.345 e. The third kappa shape index (κ3) is 2.16. The fourth-order valence-corrected chi connectivity index (χ4v) is 2.90. The maximum absolute atomic E-state index is 3.55. The van der Waals surface area contributed by atoms with Crippen LogP contribution in [0.4, 0.5) is 0 Å². The van der Waals surface area contributed by atoms with E-state index in [4.69, 9.17) is 0 Å². The molecular formula is C13H16BrNS. The van der Waals surface area contributed by atoms with Crippen LogP contribution in [0.3, 0.4) is 0 Å². The van der Waals surface area contributed by atoms with Crippen LogP contribution in [0.25, 0.3) is 10.9 Å². The molecule has 1 aromatic heterocycles. The molecule has 86 valence electrons. The Morgan fingerprint density at radius 1 is 1.38 bits per heavy atom. The molecule has 16 heavy (non-hydrogen) atoms. The predicted molar refractivity (Wildman–Crippen MR) is 77.2 cm³/mol. The molecule has 2 rings (SSSR count). The summed E-state index contributed by atoms with van der Waals surface area (Å²) in [7, 11) is 0. The Morgan fingerprint density at radius 2 is 2.12 bits per heavy atom. The van der Waals surface area contributed by atoms with Crippen LogP contribution < -0.4 is 0 Å². The highest BCUT2D eigenvalue weighted by Crippen LogP contribution is 2.29. The minimum atomic E-state index is 0.513. The molecule has 1 heterocycles. The average molecular weight is 298 g/mol. The van der Waals surface area contributed by atoms with Gasteiger partial charge < -0.3 is 4.57 Å². The summed E-state index contributed by atoms with van der Waals surface area (Å²) in [6.45, 7) is 4.45. The Balaban J connectivity index is 2.66. The Kier molecular flexibility index (Phi) is 3.65. The molecule has 0 aliphatic rings. The number of aromatic nitrogens is 1. The van der Waals surface area contributed by atoms with E-state index in [-0.39, 0.29) is 0 Å². The first-order valence-electron chi connectivity index (χ1n) is 5.41. The van der Waals surface area contributed by atoms with Crippen molar-refractivity contribution in [3.63, 3.8) is 0 Å². The second-order valence-electron chi connectivity index (χ2n) is 4.25. The standard InChI is InChI=1S/C13H16BrNS/c1-9(2)15-7-10(8-16-3)12-6-11(14)4-5-13(12)15/h4-7,9H,8H2,1-3H3. The third-order valence-corrected chi connectivity index (χ3v) is 3.83. The molecular weight excluding hydrogens is 282 g/mol. The summed E-state index contributed by atoms with van der Waals surface area (Å²) in [6.07, 6.45) is 4.44. The van der Waals surface area contributed by atoms with Crippen LogP contribution >= 0.6 is 27.7 Å². The number of halogens is 1. The van der Waals surface area contributed by atoms with Crippen LogP contribution in [0, 0.1) is 0 Å². The van der Waals surface area contributed by atoms with Crippen molar-refractivity contribution in [1.82, 2.24) is 4.57 Å². The molecule has 0 saturated carbocycles. The Morgan fingerprint density at radius 3 is 2.75 bits per heavy atom. The highest BCUT2D eigenvalue weighted by Gasteiger charge is 2.10. The van der Waals surface area contributed by atoms with E-state index < -0.39 is 0 Å². The van der Waals surface area contributed by atoms with Crippen molar-refractivity contribution in [2.45, 2.75) is 25.6 Å². The van der Waals surface area contributed by atoms with Crippen LogP contribution in [0.5, 0.6) is 0 Å². The van der Waals surface area contributed by atoms with Gasteiger partial charge in [0.05, 0.1) is 0 Å². The summed E-state index contributed by atoms with van der Waals surface area (Å²) >= 11 is 5.42. The number of fused-ring (bicyclic) bond motifs is 1. The van der Waals surface area contributed by atoms with Gasteiger partial charge in [-0.2, -0.15) is 11.8 Å². The Hall–Kier alpha value is -0.410. The summed E-state index contributed by atoms with van der Waals surface area (Å²) < 4.78 is 3.51. The molecule has 0 radical (unpaired) electrons. The minimum Gasteiger partial charge on any atom is -0.345 e. The summed E-state index contributed by atoms with van der Waals surface area (Å²) in [5, 5.41) is 1.37. The summed E-state index contributed by atoms with van der Waals surface area (Å²) in [4.78, 5) is 0. The topological polar surface area (TPSA) is 4.93 Å². The van der Waals surface area contributed by atoms with E-state index in [9.17, 15) is 0 Å². The predicted octanol–water partition coefficient (Wildman–Crippen LogP) is 4.85. The van der Waals surface area contributed by atoms with Crippen molar-refractivity contribution in [1.29, 1.82) is 0 Å². The van der Waals surface area contributed by atoms with Crippen LogP contribution in [-0.2, 0) is 5.75 Å². The molecule has 0 unspecified atom stereocenters. The van der Waals surface area contributed by atoms with Crippen molar-refractivity contribution < 1.29 is 0 Å². The number of hydrogen-bond donors (Lipinski definition) is 0. The molecule has 3 heteroatoms. The minimum absolute atomic E-state index is 0.513. The van der Waals surface area contributed by atoms with Gasteiger partial charge in [0.2, 0.25) is 0 Å². The number of benzene rings is 1. The molecule has 0 atom stereocenters. The lowest BCUT2D eigenvalue weighted by Crippen LogP contribution is -1.97. The number of thioether (sulfide) groups is 1. The zero-order valence-corrected chi connectivity index (χ0v) is 12.2. The summed E-state index contributed by atoms with van der Waals surface area (Å²) in [5.74, 6) is 1.08. The molecule has 1 nitrogen and oxygen atoms in total. The van der Waals surface area contributed by atoms with Crippen molar-refractivity contribution in [2.75, 3.05) is 6.26 Å². The van der Waals surface area contributed by atoms with E-state index in [0.717, 1.165) is 10.2 Å². The van der Waals surface area contributed by atoms with Crippen LogP contribution in [0.1, 0.15) is 25.5 Å². The first-order valence-corrected chi connectivity index (χ1v) is 7.60. The SMILES string of the molecule is CSCc1cn(C(C)C)c2ccc(Br)cc12. The van der Waals surface area contributed by atoms with Gasteiger partial charge in [-0.1, -0.05) is 15.9 Å². The highest BCUT2D eigenvalue weighted by atomic mass is 79.9. The quantitative estimate of drug-likeness (QED) is 0.784. The van der Waals surface area contributed by atoms with Gasteiger partial charge in [0.25, 0.3) is 0 Å². The van der Waals surface area contributed by atoms with Crippen LogP contribution in [0.2, 0.25) is 0 Å². The molecule has 0 N–H and O–H groups in total. The molecule has 0 fully saturated rings. The van der Waals surface area contributed by atoms with Gasteiger partial charge in [-0.25, -0.2) is 0 Å². The van der Waals surface area contributed by atoms with E-state index in [1.807, 2.05) is 11.8 Å². The van der Waals surface area contributed by atoms with Gasteiger partial charge in [-0.05, 0) is 43.9 Å². The van der Waals surface area contributed by atoms with Crippen molar-refractivity contribution in [3.05, 3.63) is 34.4 Å². The Labute approximate surface area is 109 Å². The molecule has 0 aliphatic heterocycles. The van der Waals surface area contributed by atoms with Crippen LogP contribution in [-0.4, -0.2) is 10.8 Å². The van der Waals surface area contributed by atoms with E-state index in [1.165, 1.54) is 16.5 Å². The lowest BCUT2D eigenvalue weighted by molar-refractivity contribution is 0.622. The molecule has 0 bridgehead atoms. The van der Waals surface area contributed by atoms with Gasteiger partial charge in [-0.15, -0.1) is 0 Å². The highest BCUT2D eigenvalue weighted by molar-refractivity contribution is 9.10. The lowest BCUT2D eigenvalue weighted by Gasteiger charge is -2.08. The number of rotatable bonds is 3. The summed E-state index contributed by atoms with van der Waals surface area (Å²) in [6, 6.07) is 7.05. The second kappa shape index (κ2) is 4.84. The second-order valence-corrected chi connectivity index (χ2v) is 6.03. The maximum atomic E-state index is 3.55. The molecule has 0 spiro atoms. The van der Waals surface area contributed by atoms with Crippen LogP contribution in [0.15, 0.2) is 28.9 Å². The first kappa shape index (κ1) is 12.1. The smallest absolute Gasteiger partial charge is 0.0486 e. The van der Waals surface area contributed by atoms with E-state index in [2.05, 4.69) is 65.0 Å². The van der Waals surface area contributed by atoms with Gasteiger partial charge >= 0.3 is 0 Å². The van der Waals surface area contributed by atoms with E-state index in [1.54, 1.807) is 0 Å². The molecule has 1 aromatic carbocycles. The van der Waals surface area contributed by atoms with Crippen molar-refractivity contribution in [3.8, 4) is 0 Å². The normalized spacial score (nSPS) is 11.6. The lowest BCUT2D eigenvalue weighted by atomic mass is 10.2. The van der Waals surface area contributed by atoms with Gasteiger partial charge in [0, 0.05) is 33.4 Å². The molecule has 0 saturated heterocycles. The van der Waals surface area contributed by atoms with Crippen molar-refractivity contribution in [2.24, 2.45) is 0 Å². The molecule has 2 aromatic rings. The third-order valence-electron chi connectivity index (χ3n) is 2.73. The van der Waals surface area contributed by atoms with Gasteiger partial charge in [0.15, 0.2) is 0 Å². The Bertz CT molecular complexity index is 502. The zero-order valence-electron chi connectivity index (χ0n) is 9.83. The van der Waals surface area contributed by atoms with Gasteiger partial charge in [-0.3, -0.25) is 0 Å². The first-order chi connectivity index (χ1) is 7.63. The van der Waals surface area contributed by atoms with Gasteiger partial charge in [0.1, 0.15) is 0 Å². The fraction of sp³-hybridized carbons (Fsp3) is 0.385. The zero-order chi connectivity index (χ0) is 11.7. The van der Waals surface area contributed by atoms with E-state index >= 15 is 0 Å². The molecule has 0 amide bonds.